The Bertz CT molecular complexity index is 949. The number of nitro groups is 1. The largest absolute Gasteiger partial charge is 0.479 e. The summed E-state index contributed by atoms with van der Waals surface area (Å²) < 4.78 is 42.4. The molecular formula is C20H19F2NO7. The van der Waals surface area contributed by atoms with Gasteiger partial charge in [0.1, 0.15) is 23.8 Å². The van der Waals surface area contributed by atoms with E-state index in [9.17, 15) is 23.7 Å². The van der Waals surface area contributed by atoms with Gasteiger partial charge in [-0.25, -0.2) is 13.6 Å². The van der Waals surface area contributed by atoms with Gasteiger partial charge in [-0.3, -0.25) is 10.1 Å². The minimum absolute atomic E-state index is 0.0217. The maximum absolute atomic E-state index is 13.8. The zero-order valence-corrected chi connectivity index (χ0v) is 16.1. The SMILES string of the molecule is CC(C=CC(=O)OC(C)CO)Oc1cc(Oc2ccc(F)cc2F)ccc1[N+](=O)[O-]. The van der Waals surface area contributed by atoms with Crippen LogP contribution >= 0.6 is 0 Å². The minimum Gasteiger partial charge on any atom is -0.479 e. The van der Waals surface area contributed by atoms with Gasteiger partial charge in [-0.2, -0.15) is 0 Å². The number of carbonyl (C=O) groups excluding carboxylic acids is 1. The molecule has 30 heavy (non-hydrogen) atoms. The molecule has 10 heteroatoms. The Balaban J connectivity index is 2.17. The van der Waals surface area contributed by atoms with Crippen LogP contribution in [0.3, 0.4) is 0 Å². The summed E-state index contributed by atoms with van der Waals surface area (Å²) >= 11 is 0. The second-order valence-electron chi connectivity index (χ2n) is 6.18. The second kappa shape index (κ2) is 10.3. The van der Waals surface area contributed by atoms with Crippen molar-refractivity contribution in [2.24, 2.45) is 0 Å². The van der Waals surface area contributed by atoms with Crippen molar-refractivity contribution >= 4 is 11.7 Å². The van der Waals surface area contributed by atoms with Gasteiger partial charge in [-0.05, 0) is 38.1 Å². The molecule has 160 valence electrons. The van der Waals surface area contributed by atoms with E-state index < -0.39 is 34.7 Å². The number of nitrogens with zero attached hydrogens (tertiary/aromatic N) is 1. The number of esters is 1. The third-order valence-corrected chi connectivity index (χ3v) is 3.64. The Morgan fingerprint density at radius 1 is 1.20 bits per heavy atom. The van der Waals surface area contributed by atoms with Crippen LogP contribution in [0.15, 0.2) is 48.6 Å². The molecule has 0 aliphatic heterocycles. The topological polar surface area (TPSA) is 108 Å². The molecule has 1 N–H and O–H groups in total. The highest BCUT2D eigenvalue weighted by Crippen LogP contribution is 2.34. The Morgan fingerprint density at radius 2 is 1.93 bits per heavy atom. The highest BCUT2D eigenvalue weighted by molar-refractivity contribution is 5.82. The predicted molar refractivity (Wildman–Crippen MR) is 101 cm³/mol. The fraction of sp³-hybridized carbons (Fsp3) is 0.250. The molecule has 2 rings (SSSR count). The number of ether oxygens (including phenoxy) is 3. The van der Waals surface area contributed by atoms with Crippen molar-refractivity contribution in [2.45, 2.75) is 26.1 Å². The number of aliphatic hydroxyl groups is 1. The number of nitro benzene ring substituents is 1. The number of rotatable bonds is 9. The first kappa shape index (κ1) is 22.8. The maximum Gasteiger partial charge on any atom is 0.330 e. The molecular weight excluding hydrogens is 404 g/mol. The molecule has 2 aromatic carbocycles. The van der Waals surface area contributed by atoms with E-state index in [1.54, 1.807) is 0 Å². The maximum atomic E-state index is 13.8. The van der Waals surface area contributed by atoms with Crippen molar-refractivity contribution < 1.29 is 37.8 Å². The number of halogens is 2. The normalized spacial score (nSPS) is 13.0. The fourth-order valence-corrected chi connectivity index (χ4v) is 2.22. The van der Waals surface area contributed by atoms with E-state index in [4.69, 9.17) is 19.3 Å². The molecule has 0 aliphatic carbocycles. The Morgan fingerprint density at radius 3 is 2.57 bits per heavy atom. The summed E-state index contributed by atoms with van der Waals surface area (Å²) in [6.07, 6.45) is 0.916. The van der Waals surface area contributed by atoms with E-state index in [0.717, 1.165) is 24.3 Å². The highest BCUT2D eigenvalue weighted by Gasteiger charge is 2.19. The molecule has 0 saturated heterocycles. The van der Waals surface area contributed by atoms with Crippen molar-refractivity contribution in [1.82, 2.24) is 0 Å². The molecule has 2 unspecified atom stereocenters. The molecule has 0 radical (unpaired) electrons. The molecule has 8 nitrogen and oxygen atoms in total. The standard InChI is InChI=1S/C20H19F2NO7/c1-12(3-8-20(25)29-13(2)11-24)28-19-10-15(5-6-17(19)23(26)27)30-18-7-4-14(21)9-16(18)22/h3-10,12-13,24H,11H2,1-2H3. The van der Waals surface area contributed by atoms with Crippen molar-refractivity contribution in [1.29, 1.82) is 0 Å². The van der Waals surface area contributed by atoms with Crippen molar-refractivity contribution in [3.05, 3.63) is 70.3 Å². The summed E-state index contributed by atoms with van der Waals surface area (Å²) in [7, 11) is 0. The lowest BCUT2D eigenvalue weighted by Gasteiger charge is -2.13. The van der Waals surface area contributed by atoms with Gasteiger partial charge in [-0.1, -0.05) is 0 Å². The summed E-state index contributed by atoms with van der Waals surface area (Å²) in [6, 6.07) is 6.25. The first-order valence-electron chi connectivity index (χ1n) is 8.77. The van der Waals surface area contributed by atoms with Gasteiger partial charge in [0.25, 0.3) is 0 Å². The van der Waals surface area contributed by atoms with Gasteiger partial charge in [0.15, 0.2) is 11.6 Å². The predicted octanol–water partition coefficient (Wildman–Crippen LogP) is 3.91. The van der Waals surface area contributed by atoms with E-state index in [0.29, 0.717) is 6.07 Å². The van der Waals surface area contributed by atoms with Crippen LogP contribution in [0.4, 0.5) is 14.5 Å². The van der Waals surface area contributed by atoms with Crippen LogP contribution in [0.1, 0.15) is 13.8 Å². The summed E-state index contributed by atoms with van der Waals surface area (Å²) in [5.41, 5.74) is -0.376. The molecule has 0 bridgehead atoms. The van der Waals surface area contributed by atoms with Crippen LogP contribution in [-0.4, -0.2) is 34.8 Å². The van der Waals surface area contributed by atoms with Gasteiger partial charge in [0.2, 0.25) is 5.75 Å². The summed E-state index contributed by atoms with van der Waals surface area (Å²) in [5.74, 6) is -2.87. The Kier molecular flexibility index (Phi) is 7.82. The van der Waals surface area contributed by atoms with E-state index in [1.165, 1.54) is 32.1 Å². The number of hydrogen-bond acceptors (Lipinski definition) is 7. The smallest absolute Gasteiger partial charge is 0.330 e. The van der Waals surface area contributed by atoms with E-state index in [2.05, 4.69) is 0 Å². The molecule has 2 atom stereocenters. The molecule has 2 aromatic rings. The van der Waals surface area contributed by atoms with Gasteiger partial charge in [0, 0.05) is 24.3 Å². The van der Waals surface area contributed by atoms with Gasteiger partial charge in [-0.15, -0.1) is 0 Å². The third-order valence-electron chi connectivity index (χ3n) is 3.64. The van der Waals surface area contributed by atoms with Crippen LogP contribution in [-0.2, 0) is 9.53 Å². The monoisotopic (exact) mass is 423 g/mol. The van der Waals surface area contributed by atoms with Crippen LogP contribution < -0.4 is 9.47 Å². The fourth-order valence-electron chi connectivity index (χ4n) is 2.22. The van der Waals surface area contributed by atoms with Crippen LogP contribution in [0.2, 0.25) is 0 Å². The molecule has 0 fully saturated rings. The van der Waals surface area contributed by atoms with Crippen LogP contribution in [0, 0.1) is 21.7 Å². The summed E-state index contributed by atoms with van der Waals surface area (Å²) in [6.45, 7) is 2.69. The molecule has 0 amide bonds. The highest BCUT2D eigenvalue weighted by atomic mass is 19.1. The summed E-state index contributed by atoms with van der Waals surface area (Å²) in [5, 5.41) is 20.1. The van der Waals surface area contributed by atoms with Crippen molar-refractivity contribution in [3.8, 4) is 17.2 Å². The molecule has 0 aromatic heterocycles. The van der Waals surface area contributed by atoms with Crippen molar-refractivity contribution in [3.63, 3.8) is 0 Å². The van der Waals surface area contributed by atoms with Crippen molar-refractivity contribution in [2.75, 3.05) is 6.61 Å². The quantitative estimate of drug-likeness (QED) is 0.282. The molecule has 0 spiro atoms. The molecule has 0 aliphatic rings. The van der Waals surface area contributed by atoms with Crippen LogP contribution in [0.5, 0.6) is 17.2 Å². The van der Waals surface area contributed by atoms with Crippen LogP contribution in [0.25, 0.3) is 0 Å². The third kappa shape index (κ3) is 6.52. The van der Waals surface area contributed by atoms with E-state index in [-0.39, 0.29) is 29.5 Å². The van der Waals surface area contributed by atoms with Gasteiger partial charge >= 0.3 is 11.7 Å². The summed E-state index contributed by atoms with van der Waals surface area (Å²) in [4.78, 5) is 22.2. The number of hydrogen-bond donors (Lipinski definition) is 1. The first-order chi connectivity index (χ1) is 14.2. The van der Waals surface area contributed by atoms with E-state index >= 15 is 0 Å². The zero-order valence-electron chi connectivity index (χ0n) is 16.1. The average Bonchev–Trinajstić information content (AvgIpc) is 2.68. The molecule has 0 heterocycles. The van der Waals surface area contributed by atoms with Gasteiger partial charge < -0.3 is 19.3 Å². The minimum atomic E-state index is -0.942. The van der Waals surface area contributed by atoms with E-state index in [1.807, 2.05) is 0 Å². The Labute approximate surface area is 170 Å². The Hall–Kier alpha value is -3.53. The lowest BCUT2D eigenvalue weighted by Crippen LogP contribution is -2.17. The number of carbonyl (C=O) groups is 1. The van der Waals surface area contributed by atoms with Gasteiger partial charge in [0.05, 0.1) is 11.5 Å². The average molecular weight is 423 g/mol. The number of aliphatic hydroxyl groups excluding tert-OH is 1. The lowest BCUT2D eigenvalue weighted by molar-refractivity contribution is -0.386. The zero-order chi connectivity index (χ0) is 22.3. The molecule has 0 saturated carbocycles. The second-order valence-corrected chi connectivity index (χ2v) is 6.18. The lowest BCUT2D eigenvalue weighted by atomic mass is 10.2. The number of benzene rings is 2. The first-order valence-corrected chi connectivity index (χ1v) is 8.77.